The van der Waals surface area contributed by atoms with Crippen molar-refractivity contribution in [3.63, 3.8) is 0 Å². The Hall–Kier alpha value is -4.13. The number of carbonyl (C=O) groups is 2. The SMILES string of the molecule is O=C1NC(=O)C(c2cnc3ccccn23)=C1c1c[nH]ccn2c3c(cccc13)CC2. The van der Waals surface area contributed by atoms with Gasteiger partial charge in [0.05, 0.1) is 28.6 Å². The summed E-state index contributed by atoms with van der Waals surface area (Å²) in [5, 5.41) is 3.41. The van der Waals surface area contributed by atoms with E-state index in [0.717, 1.165) is 23.9 Å². The third-order valence-corrected chi connectivity index (χ3v) is 5.77. The van der Waals surface area contributed by atoms with Gasteiger partial charge in [0.1, 0.15) is 5.65 Å². The van der Waals surface area contributed by atoms with Crippen LogP contribution in [0.1, 0.15) is 16.8 Å². The Morgan fingerprint density at radius 1 is 0.967 bits per heavy atom. The maximum absolute atomic E-state index is 13.0. The lowest BCUT2D eigenvalue weighted by molar-refractivity contribution is -0.122. The van der Waals surface area contributed by atoms with Crippen molar-refractivity contribution < 1.29 is 9.59 Å². The molecule has 2 aliphatic heterocycles. The minimum atomic E-state index is -0.413. The van der Waals surface area contributed by atoms with Crippen LogP contribution in [0.5, 0.6) is 0 Å². The normalized spacial score (nSPS) is 15.3. The number of imide groups is 1. The number of benzene rings is 1. The predicted octanol–water partition coefficient (Wildman–Crippen LogP) is 2.86. The van der Waals surface area contributed by atoms with E-state index < -0.39 is 11.8 Å². The molecule has 2 N–H and O–H groups in total. The molecule has 7 heteroatoms. The molecule has 6 rings (SSSR count). The third kappa shape index (κ3) is 2.29. The van der Waals surface area contributed by atoms with Gasteiger partial charge in [-0.2, -0.15) is 0 Å². The molecular weight excluding hydrogens is 378 g/mol. The fraction of sp³-hybridized carbons (Fsp3) is 0.0870. The molecule has 7 nitrogen and oxygen atoms in total. The van der Waals surface area contributed by atoms with Gasteiger partial charge in [-0.3, -0.25) is 19.3 Å². The molecule has 0 atom stereocenters. The molecule has 3 aromatic heterocycles. The van der Waals surface area contributed by atoms with Crippen molar-refractivity contribution in [2.45, 2.75) is 13.0 Å². The molecule has 2 amide bonds. The lowest BCUT2D eigenvalue weighted by Crippen LogP contribution is -2.23. The molecule has 5 heterocycles. The number of aromatic amines is 1. The summed E-state index contributed by atoms with van der Waals surface area (Å²) in [5.74, 6) is -0.816. The Morgan fingerprint density at radius 2 is 1.87 bits per heavy atom. The molecule has 0 saturated heterocycles. The van der Waals surface area contributed by atoms with Crippen molar-refractivity contribution in [2.24, 2.45) is 0 Å². The van der Waals surface area contributed by atoms with E-state index >= 15 is 0 Å². The number of para-hydroxylation sites is 1. The highest BCUT2D eigenvalue weighted by Gasteiger charge is 2.34. The topological polar surface area (TPSA) is 84.2 Å². The lowest BCUT2D eigenvalue weighted by atomic mass is 9.97. The van der Waals surface area contributed by atoms with Crippen molar-refractivity contribution in [1.29, 1.82) is 0 Å². The van der Waals surface area contributed by atoms with Gasteiger partial charge in [-0.05, 0) is 24.1 Å². The Bertz CT molecular complexity index is 1470. The second-order valence-corrected chi connectivity index (χ2v) is 7.40. The van der Waals surface area contributed by atoms with E-state index in [1.165, 1.54) is 5.56 Å². The van der Waals surface area contributed by atoms with Crippen LogP contribution in [-0.2, 0) is 22.6 Å². The third-order valence-electron chi connectivity index (χ3n) is 5.77. The average Bonchev–Trinajstić information content (AvgIpc) is 3.42. The van der Waals surface area contributed by atoms with E-state index in [-0.39, 0.29) is 0 Å². The second kappa shape index (κ2) is 6.18. The van der Waals surface area contributed by atoms with Gasteiger partial charge in [0, 0.05) is 42.3 Å². The molecule has 1 aromatic carbocycles. The van der Waals surface area contributed by atoms with Crippen LogP contribution in [0.25, 0.3) is 27.7 Å². The van der Waals surface area contributed by atoms with Gasteiger partial charge in [0.15, 0.2) is 0 Å². The van der Waals surface area contributed by atoms with Crippen LogP contribution in [0, 0.1) is 0 Å². The van der Waals surface area contributed by atoms with Crippen LogP contribution in [-0.4, -0.2) is 30.8 Å². The van der Waals surface area contributed by atoms with Crippen LogP contribution in [0.15, 0.2) is 67.4 Å². The molecule has 2 aliphatic rings. The number of amides is 2. The van der Waals surface area contributed by atoms with Crippen LogP contribution in [0.3, 0.4) is 0 Å². The first-order valence-electron chi connectivity index (χ1n) is 9.77. The summed E-state index contributed by atoms with van der Waals surface area (Å²) in [4.78, 5) is 33.4. The van der Waals surface area contributed by atoms with Crippen LogP contribution in [0.2, 0.25) is 0 Å². The summed E-state index contributed by atoms with van der Waals surface area (Å²) < 4.78 is 4.00. The minimum Gasteiger partial charge on any atom is -0.366 e. The van der Waals surface area contributed by atoms with E-state index in [9.17, 15) is 9.59 Å². The fourth-order valence-electron chi connectivity index (χ4n) is 4.47. The van der Waals surface area contributed by atoms with Gasteiger partial charge >= 0.3 is 0 Å². The van der Waals surface area contributed by atoms with Crippen LogP contribution >= 0.6 is 0 Å². The zero-order valence-electron chi connectivity index (χ0n) is 15.9. The number of hydrogen-bond acceptors (Lipinski definition) is 3. The smallest absolute Gasteiger partial charge is 0.261 e. The maximum atomic E-state index is 13.0. The zero-order chi connectivity index (χ0) is 20.2. The number of aromatic nitrogens is 4. The molecule has 0 aliphatic carbocycles. The standard InChI is InChI=1S/C23H17N5O2/c29-22-19(20(23(30)26-22)17-13-25-18-6-1-2-9-28(17)18)16-12-24-8-11-27-10-7-14-4-3-5-15(16)21(14)27/h1-6,8-9,11-13,24H,7,10H2,(H,26,29,30). The molecule has 4 aromatic rings. The number of fused-ring (bicyclic) bond motifs is 1. The number of aryl methyl sites for hydroxylation is 2. The summed E-state index contributed by atoms with van der Waals surface area (Å²) in [6.07, 6.45) is 10.1. The van der Waals surface area contributed by atoms with Gasteiger partial charge in [-0.25, -0.2) is 4.98 Å². The number of carbonyl (C=O) groups excluding carboxylic acids is 2. The first kappa shape index (κ1) is 16.8. The molecule has 30 heavy (non-hydrogen) atoms. The van der Waals surface area contributed by atoms with Crippen LogP contribution in [0.4, 0.5) is 0 Å². The second-order valence-electron chi connectivity index (χ2n) is 7.40. The van der Waals surface area contributed by atoms with Crippen molar-refractivity contribution in [3.8, 4) is 0 Å². The molecule has 0 fully saturated rings. The van der Waals surface area contributed by atoms with E-state index in [4.69, 9.17) is 0 Å². The molecule has 0 spiro atoms. The molecular formula is C23H17N5O2. The predicted molar refractivity (Wildman–Crippen MR) is 113 cm³/mol. The van der Waals surface area contributed by atoms with Gasteiger partial charge in [-0.1, -0.05) is 24.3 Å². The summed E-state index contributed by atoms with van der Waals surface area (Å²) in [6.45, 7) is 0.877. The van der Waals surface area contributed by atoms with Gasteiger partial charge in [0.2, 0.25) is 0 Å². The zero-order valence-corrected chi connectivity index (χ0v) is 15.9. The average molecular weight is 395 g/mol. The minimum absolute atomic E-state index is 0.332. The van der Waals surface area contributed by atoms with E-state index in [1.807, 2.05) is 53.3 Å². The van der Waals surface area contributed by atoms with Gasteiger partial charge < -0.3 is 9.55 Å². The highest BCUT2D eigenvalue weighted by atomic mass is 16.2. The summed E-state index contributed by atoms with van der Waals surface area (Å²) in [7, 11) is 0. The van der Waals surface area contributed by atoms with E-state index in [2.05, 4.69) is 25.9 Å². The largest absolute Gasteiger partial charge is 0.366 e. The number of nitrogens with zero attached hydrogens (tertiary/aromatic N) is 3. The first-order chi connectivity index (χ1) is 14.7. The number of H-pyrrole nitrogens is 1. The number of nitrogens with one attached hydrogen (secondary N) is 2. The van der Waals surface area contributed by atoms with Gasteiger partial charge in [0.25, 0.3) is 11.8 Å². The van der Waals surface area contributed by atoms with E-state index in [0.29, 0.717) is 28.1 Å². The highest BCUT2D eigenvalue weighted by molar-refractivity contribution is 6.49. The number of hydrogen-bond donors (Lipinski definition) is 2. The van der Waals surface area contributed by atoms with Gasteiger partial charge in [-0.15, -0.1) is 0 Å². The number of rotatable bonds is 2. The monoisotopic (exact) mass is 395 g/mol. The van der Waals surface area contributed by atoms with Crippen molar-refractivity contribution >= 4 is 39.5 Å². The summed E-state index contributed by atoms with van der Waals surface area (Å²) in [5.41, 5.74) is 4.99. The maximum Gasteiger partial charge on any atom is 0.261 e. The number of imidazole rings is 1. The molecule has 146 valence electrons. The molecule has 0 saturated carbocycles. The molecule has 0 unspecified atom stereocenters. The highest BCUT2D eigenvalue weighted by Crippen LogP contribution is 2.36. The molecule has 0 radical (unpaired) electrons. The van der Waals surface area contributed by atoms with E-state index in [1.54, 1.807) is 12.4 Å². The van der Waals surface area contributed by atoms with Crippen molar-refractivity contribution in [3.05, 3.63) is 84.2 Å². The Balaban J connectivity index is 1.74. The quantitative estimate of drug-likeness (QED) is 0.512. The van der Waals surface area contributed by atoms with Crippen LogP contribution < -0.4 is 5.32 Å². The fourth-order valence-corrected chi connectivity index (χ4v) is 4.47. The Morgan fingerprint density at radius 3 is 2.80 bits per heavy atom. The first-order valence-corrected chi connectivity index (χ1v) is 9.77. The summed E-state index contributed by atoms with van der Waals surface area (Å²) in [6, 6.07) is 11.7. The van der Waals surface area contributed by atoms with Crippen molar-refractivity contribution in [2.75, 3.05) is 0 Å². The number of pyridine rings is 1. The Kier molecular flexibility index (Phi) is 3.46. The lowest BCUT2D eigenvalue weighted by Gasteiger charge is -2.09. The molecule has 0 bridgehead atoms. The Labute approximate surface area is 171 Å². The summed E-state index contributed by atoms with van der Waals surface area (Å²) >= 11 is 0. The van der Waals surface area contributed by atoms with Crippen molar-refractivity contribution in [1.82, 2.24) is 24.3 Å².